The standard InChI is InChI=1S/C51H40N2O/c1-33-34(2)52(37-14-8-5-9-15-37)48-32-47-43(31-42(33)48)41-25-22-36(29-46(41)51(47,3)4)21-20-35-23-26-49-44(28-35)45-30-40(24-27-50(45)54-49)53(38-16-10-6-11-17-38)39-18-12-7-13-19-39/h5-32H,1-4H3/b21-20+. The third kappa shape index (κ3) is 5.03. The molecular formula is C51H40N2O. The lowest BCUT2D eigenvalue weighted by Gasteiger charge is -2.25. The lowest BCUT2D eigenvalue weighted by atomic mass is 9.81. The third-order valence-electron chi connectivity index (χ3n) is 11.6. The van der Waals surface area contributed by atoms with Gasteiger partial charge in [-0.15, -0.1) is 0 Å². The maximum atomic E-state index is 6.35. The second-order valence-electron chi connectivity index (χ2n) is 15.1. The van der Waals surface area contributed by atoms with E-state index in [9.17, 15) is 0 Å². The highest BCUT2D eigenvalue weighted by molar-refractivity contribution is 6.07. The summed E-state index contributed by atoms with van der Waals surface area (Å²) in [5.41, 5.74) is 17.8. The van der Waals surface area contributed by atoms with Crippen LogP contribution in [-0.2, 0) is 5.41 Å². The van der Waals surface area contributed by atoms with Crippen LogP contribution in [0.5, 0.6) is 0 Å². The van der Waals surface area contributed by atoms with Crippen molar-refractivity contribution in [1.29, 1.82) is 0 Å². The Hall–Kier alpha value is -6.58. The smallest absolute Gasteiger partial charge is 0.135 e. The molecule has 0 saturated carbocycles. The fraction of sp³-hybridized carbons (Fsp3) is 0.0980. The topological polar surface area (TPSA) is 21.3 Å². The van der Waals surface area contributed by atoms with Gasteiger partial charge in [-0.1, -0.05) is 105 Å². The minimum atomic E-state index is -0.129. The van der Waals surface area contributed by atoms with Crippen LogP contribution in [0, 0.1) is 13.8 Å². The van der Waals surface area contributed by atoms with Crippen LogP contribution >= 0.6 is 0 Å². The number of benzene rings is 7. The van der Waals surface area contributed by atoms with E-state index in [1.807, 2.05) is 0 Å². The molecule has 0 atom stereocenters. The van der Waals surface area contributed by atoms with Gasteiger partial charge in [0.1, 0.15) is 11.2 Å². The van der Waals surface area contributed by atoms with Crippen LogP contribution in [0.15, 0.2) is 162 Å². The van der Waals surface area contributed by atoms with E-state index in [4.69, 9.17) is 4.42 Å². The van der Waals surface area contributed by atoms with Gasteiger partial charge in [0.2, 0.25) is 0 Å². The fourth-order valence-electron chi connectivity index (χ4n) is 8.65. The summed E-state index contributed by atoms with van der Waals surface area (Å²) in [7, 11) is 0. The second kappa shape index (κ2) is 12.2. The first-order valence-electron chi connectivity index (χ1n) is 18.8. The SMILES string of the molecule is Cc1c(C)n(-c2ccccc2)c2cc3c(cc12)-c1ccc(/C=C/c2ccc4oc5ccc(N(c6ccccc6)c6ccccc6)cc5c4c2)cc1C3(C)C. The average Bonchev–Trinajstić information content (AvgIpc) is 3.77. The summed E-state index contributed by atoms with van der Waals surface area (Å²) >= 11 is 0. The zero-order valence-corrected chi connectivity index (χ0v) is 31.0. The maximum absolute atomic E-state index is 6.35. The Morgan fingerprint density at radius 2 is 1.09 bits per heavy atom. The molecular weight excluding hydrogens is 657 g/mol. The number of aryl methyl sites for hydroxylation is 1. The number of aromatic nitrogens is 1. The Labute approximate surface area is 316 Å². The lowest BCUT2D eigenvalue weighted by molar-refractivity contribution is 0.660. The van der Waals surface area contributed by atoms with Gasteiger partial charge in [0.05, 0.1) is 5.52 Å². The molecule has 2 aromatic heterocycles. The average molecular weight is 697 g/mol. The highest BCUT2D eigenvalue weighted by atomic mass is 16.3. The summed E-state index contributed by atoms with van der Waals surface area (Å²) in [4.78, 5) is 2.29. The van der Waals surface area contributed by atoms with Gasteiger partial charge in [0.25, 0.3) is 0 Å². The Bertz CT molecular complexity index is 2870. The molecule has 3 nitrogen and oxygen atoms in total. The molecule has 3 heteroatoms. The van der Waals surface area contributed by atoms with Gasteiger partial charge in [-0.2, -0.15) is 0 Å². The number of anilines is 3. The minimum Gasteiger partial charge on any atom is -0.456 e. The van der Waals surface area contributed by atoms with Crippen molar-refractivity contribution < 1.29 is 4.42 Å². The van der Waals surface area contributed by atoms with Gasteiger partial charge in [0.15, 0.2) is 0 Å². The Balaban J connectivity index is 1.00. The zero-order chi connectivity index (χ0) is 36.6. The summed E-state index contributed by atoms with van der Waals surface area (Å²) in [6, 6.07) is 56.6. The highest BCUT2D eigenvalue weighted by Gasteiger charge is 2.36. The molecule has 0 amide bonds. The number of fused-ring (bicyclic) bond motifs is 7. The molecule has 260 valence electrons. The van der Waals surface area contributed by atoms with Crippen LogP contribution in [0.3, 0.4) is 0 Å². The monoisotopic (exact) mass is 696 g/mol. The van der Waals surface area contributed by atoms with Crippen LogP contribution < -0.4 is 4.90 Å². The van der Waals surface area contributed by atoms with Crippen molar-refractivity contribution >= 4 is 62.1 Å². The largest absolute Gasteiger partial charge is 0.456 e. The number of para-hydroxylation sites is 3. The maximum Gasteiger partial charge on any atom is 0.135 e. The molecule has 10 rings (SSSR count). The van der Waals surface area contributed by atoms with E-state index in [0.29, 0.717) is 0 Å². The first-order valence-corrected chi connectivity index (χ1v) is 18.8. The van der Waals surface area contributed by atoms with Crippen LogP contribution in [0.1, 0.15) is 47.4 Å². The lowest BCUT2D eigenvalue weighted by Crippen LogP contribution is -2.15. The first kappa shape index (κ1) is 32.1. The van der Waals surface area contributed by atoms with Gasteiger partial charge >= 0.3 is 0 Å². The summed E-state index contributed by atoms with van der Waals surface area (Å²) in [5, 5.41) is 3.53. The van der Waals surface area contributed by atoms with Crippen molar-refractivity contribution in [2.45, 2.75) is 33.1 Å². The molecule has 0 aliphatic heterocycles. The minimum absolute atomic E-state index is 0.129. The van der Waals surface area contributed by atoms with Gasteiger partial charge in [-0.25, -0.2) is 0 Å². The predicted molar refractivity (Wildman–Crippen MR) is 228 cm³/mol. The normalized spacial score (nSPS) is 13.3. The summed E-state index contributed by atoms with van der Waals surface area (Å²) in [6.45, 7) is 9.23. The van der Waals surface area contributed by atoms with Gasteiger partial charge in [-0.3, -0.25) is 0 Å². The van der Waals surface area contributed by atoms with Gasteiger partial charge < -0.3 is 13.9 Å². The van der Waals surface area contributed by atoms with Crippen molar-refractivity contribution in [3.8, 4) is 16.8 Å². The first-order chi connectivity index (χ1) is 26.3. The molecule has 54 heavy (non-hydrogen) atoms. The third-order valence-corrected chi connectivity index (χ3v) is 11.6. The van der Waals surface area contributed by atoms with E-state index in [-0.39, 0.29) is 5.41 Å². The summed E-state index contributed by atoms with van der Waals surface area (Å²) in [5.74, 6) is 0. The molecule has 9 aromatic rings. The number of furan rings is 1. The van der Waals surface area contributed by atoms with E-state index in [0.717, 1.165) is 44.6 Å². The molecule has 0 saturated heterocycles. The van der Waals surface area contributed by atoms with Crippen molar-refractivity contribution in [2.75, 3.05) is 4.90 Å². The van der Waals surface area contributed by atoms with Crippen molar-refractivity contribution in [3.05, 3.63) is 191 Å². The zero-order valence-electron chi connectivity index (χ0n) is 31.0. The van der Waals surface area contributed by atoms with E-state index in [1.165, 1.54) is 55.7 Å². The molecule has 0 N–H and O–H groups in total. The van der Waals surface area contributed by atoms with E-state index in [1.54, 1.807) is 0 Å². The Kier molecular flexibility index (Phi) is 7.28. The summed E-state index contributed by atoms with van der Waals surface area (Å²) < 4.78 is 8.76. The predicted octanol–water partition coefficient (Wildman–Crippen LogP) is 14.1. The highest BCUT2D eigenvalue weighted by Crippen LogP contribution is 2.51. The molecule has 0 radical (unpaired) electrons. The fourth-order valence-corrected chi connectivity index (χ4v) is 8.65. The number of hydrogen-bond acceptors (Lipinski definition) is 2. The Morgan fingerprint density at radius 3 is 1.78 bits per heavy atom. The van der Waals surface area contributed by atoms with Gasteiger partial charge in [-0.05, 0) is 132 Å². The van der Waals surface area contributed by atoms with E-state index in [2.05, 4.69) is 207 Å². The summed E-state index contributed by atoms with van der Waals surface area (Å²) in [6.07, 6.45) is 4.47. The molecule has 0 bridgehead atoms. The van der Waals surface area contributed by atoms with E-state index >= 15 is 0 Å². The van der Waals surface area contributed by atoms with Crippen molar-refractivity contribution in [2.24, 2.45) is 0 Å². The number of rotatable bonds is 6. The molecule has 7 aromatic carbocycles. The molecule has 1 aliphatic carbocycles. The van der Waals surface area contributed by atoms with E-state index < -0.39 is 0 Å². The number of hydrogen-bond donors (Lipinski definition) is 0. The van der Waals surface area contributed by atoms with Crippen molar-refractivity contribution in [3.63, 3.8) is 0 Å². The van der Waals surface area contributed by atoms with Crippen LogP contribution in [-0.4, -0.2) is 4.57 Å². The van der Waals surface area contributed by atoms with Crippen LogP contribution in [0.2, 0.25) is 0 Å². The molecule has 2 heterocycles. The van der Waals surface area contributed by atoms with Crippen molar-refractivity contribution in [1.82, 2.24) is 4.57 Å². The van der Waals surface area contributed by atoms with Gasteiger partial charge in [0, 0.05) is 50.0 Å². The molecule has 0 unspecified atom stereocenters. The van der Waals surface area contributed by atoms with Crippen LogP contribution in [0.25, 0.3) is 61.8 Å². The Morgan fingerprint density at radius 1 is 0.519 bits per heavy atom. The quantitative estimate of drug-likeness (QED) is 0.161. The van der Waals surface area contributed by atoms with Crippen LogP contribution in [0.4, 0.5) is 17.1 Å². The number of nitrogens with zero attached hydrogens (tertiary/aromatic N) is 2. The second-order valence-corrected chi connectivity index (χ2v) is 15.1. The molecule has 0 fully saturated rings. The molecule has 0 spiro atoms. The molecule has 1 aliphatic rings.